The quantitative estimate of drug-likeness (QED) is 0.867. The van der Waals surface area contributed by atoms with Crippen LogP contribution in [0.2, 0.25) is 0 Å². The summed E-state index contributed by atoms with van der Waals surface area (Å²) in [4.78, 5) is 0.401. The summed E-state index contributed by atoms with van der Waals surface area (Å²) in [7, 11) is -3.39. The highest BCUT2D eigenvalue weighted by Gasteiger charge is 2.35. The van der Waals surface area contributed by atoms with Crippen molar-refractivity contribution in [2.24, 2.45) is 0 Å². The van der Waals surface area contributed by atoms with Gasteiger partial charge in [-0.05, 0) is 43.9 Å². The second-order valence-electron chi connectivity index (χ2n) is 5.91. The van der Waals surface area contributed by atoms with E-state index in [-0.39, 0.29) is 6.04 Å². The Hall–Kier alpha value is -1.65. The van der Waals surface area contributed by atoms with Gasteiger partial charge in [-0.25, -0.2) is 8.42 Å². The van der Waals surface area contributed by atoms with E-state index in [0.29, 0.717) is 11.4 Å². The molecule has 1 heterocycles. The molecule has 4 heteroatoms. The van der Waals surface area contributed by atoms with Gasteiger partial charge in [-0.2, -0.15) is 4.31 Å². The van der Waals surface area contributed by atoms with Gasteiger partial charge in [0.1, 0.15) is 0 Å². The van der Waals surface area contributed by atoms with Crippen molar-refractivity contribution in [3.8, 4) is 0 Å². The van der Waals surface area contributed by atoms with Crippen molar-refractivity contribution in [2.45, 2.75) is 37.1 Å². The number of hydrogen-bond acceptors (Lipinski definition) is 2. The Balaban J connectivity index is 1.84. The summed E-state index contributed by atoms with van der Waals surface area (Å²) in [5.74, 6) is 0. The first-order valence-electron chi connectivity index (χ1n) is 7.70. The number of hydrogen-bond donors (Lipinski definition) is 0. The highest BCUT2D eigenvalue weighted by atomic mass is 32.2. The average molecular weight is 315 g/mol. The first-order chi connectivity index (χ1) is 10.6. The molecule has 1 atom stereocenters. The molecule has 1 aliphatic heterocycles. The average Bonchev–Trinajstić information content (AvgIpc) is 2.98. The van der Waals surface area contributed by atoms with Gasteiger partial charge in [0, 0.05) is 12.6 Å². The molecule has 2 aromatic rings. The molecule has 116 valence electrons. The second kappa shape index (κ2) is 6.23. The molecule has 0 saturated carbocycles. The fourth-order valence-corrected chi connectivity index (χ4v) is 4.75. The van der Waals surface area contributed by atoms with Crippen LogP contribution in [0.3, 0.4) is 0 Å². The predicted molar refractivity (Wildman–Crippen MR) is 88.2 cm³/mol. The largest absolute Gasteiger partial charge is 0.243 e. The zero-order chi connectivity index (χ0) is 15.6. The van der Waals surface area contributed by atoms with Crippen molar-refractivity contribution in [1.29, 1.82) is 0 Å². The second-order valence-corrected chi connectivity index (χ2v) is 7.81. The van der Waals surface area contributed by atoms with E-state index in [1.807, 2.05) is 37.3 Å². The first kappa shape index (κ1) is 15.3. The molecule has 22 heavy (non-hydrogen) atoms. The normalized spacial score (nSPS) is 19.4. The maximum Gasteiger partial charge on any atom is 0.243 e. The Morgan fingerprint density at radius 2 is 1.73 bits per heavy atom. The van der Waals surface area contributed by atoms with Crippen molar-refractivity contribution in [3.63, 3.8) is 0 Å². The Bertz CT molecular complexity index is 723. The lowest BCUT2D eigenvalue weighted by Gasteiger charge is -2.24. The molecular formula is C18H21NO2S. The van der Waals surface area contributed by atoms with Crippen LogP contribution in [0.4, 0.5) is 0 Å². The summed E-state index contributed by atoms with van der Waals surface area (Å²) >= 11 is 0. The van der Waals surface area contributed by atoms with Crippen LogP contribution in [-0.4, -0.2) is 25.3 Å². The third kappa shape index (κ3) is 3.08. The monoisotopic (exact) mass is 315 g/mol. The van der Waals surface area contributed by atoms with Crippen LogP contribution in [-0.2, 0) is 16.4 Å². The SMILES string of the molecule is Cc1ccc(S(=O)(=O)N2CCCC2Cc2ccccc2)cc1. The molecule has 1 fully saturated rings. The molecule has 0 amide bonds. The lowest BCUT2D eigenvalue weighted by molar-refractivity contribution is 0.385. The van der Waals surface area contributed by atoms with Gasteiger partial charge in [-0.15, -0.1) is 0 Å². The molecule has 0 spiro atoms. The van der Waals surface area contributed by atoms with Gasteiger partial charge in [0.2, 0.25) is 10.0 Å². The predicted octanol–water partition coefficient (Wildman–Crippen LogP) is 3.39. The molecule has 1 unspecified atom stereocenters. The topological polar surface area (TPSA) is 37.4 Å². The molecular weight excluding hydrogens is 294 g/mol. The zero-order valence-corrected chi connectivity index (χ0v) is 13.6. The molecule has 0 N–H and O–H groups in total. The summed E-state index contributed by atoms with van der Waals surface area (Å²) in [6.45, 7) is 2.58. The Morgan fingerprint density at radius 1 is 1.05 bits per heavy atom. The smallest absolute Gasteiger partial charge is 0.207 e. The highest BCUT2D eigenvalue weighted by Crippen LogP contribution is 2.28. The van der Waals surface area contributed by atoms with E-state index in [0.717, 1.165) is 24.8 Å². The van der Waals surface area contributed by atoms with Gasteiger partial charge >= 0.3 is 0 Å². The summed E-state index contributed by atoms with van der Waals surface area (Å²) in [5, 5.41) is 0. The maximum absolute atomic E-state index is 12.9. The standard InChI is InChI=1S/C18H21NO2S/c1-15-9-11-18(12-10-15)22(20,21)19-13-5-8-17(19)14-16-6-3-2-4-7-16/h2-4,6-7,9-12,17H,5,8,13-14H2,1H3. The van der Waals surface area contributed by atoms with E-state index in [4.69, 9.17) is 0 Å². The molecule has 0 aliphatic carbocycles. The van der Waals surface area contributed by atoms with Crippen molar-refractivity contribution in [3.05, 3.63) is 65.7 Å². The maximum atomic E-state index is 12.9. The van der Waals surface area contributed by atoms with Gasteiger partial charge in [0.05, 0.1) is 4.90 Å². The van der Waals surface area contributed by atoms with Crippen molar-refractivity contribution in [2.75, 3.05) is 6.54 Å². The summed E-state index contributed by atoms with van der Waals surface area (Å²) < 4.78 is 27.4. The van der Waals surface area contributed by atoms with Gasteiger partial charge in [-0.1, -0.05) is 48.0 Å². The van der Waals surface area contributed by atoms with E-state index < -0.39 is 10.0 Å². The number of aryl methyl sites for hydroxylation is 1. The Labute approximate surface area is 132 Å². The third-order valence-corrected chi connectivity index (χ3v) is 6.23. The van der Waals surface area contributed by atoms with Crippen LogP contribution >= 0.6 is 0 Å². The van der Waals surface area contributed by atoms with E-state index in [9.17, 15) is 8.42 Å². The molecule has 1 aliphatic rings. The molecule has 2 aromatic carbocycles. The number of sulfonamides is 1. The molecule has 0 radical (unpaired) electrons. The van der Waals surface area contributed by atoms with Gasteiger partial charge < -0.3 is 0 Å². The zero-order valence-electron chi connectivity index (χ0n) is 12.8. The summed E-state index contributed by atoms with van der Waals surface area (Å²) in [6.07, 6.45) is 2.65. The minimum absolute atomic E-state index is 0.0636. The number of nitrogens with zero attached hydrogens (tertiary/aromatic N) is 1. The van der Waals surface area contributed by atoms with Crippen LogP contribution in [0.5, 0.6) is 0 Å². The highest BCUT2D eigenvalue weighted by molar-refractivity contribution is 7.89. The van der Waals surface area contributed by atoms with Gasteiger partial charge in [-0.3, -0.25) is 0 Å². The Morgan fingerprint density at radius 3 is 2.41 bits per heavy atom. The fourth-order valence-electron chi connectivity index (χ4n) is 3.06. The molecule has 1 saturated heterocycles. The lowest BCUT2D eigenvalue weighted by atomic mass is 10.1. The van der Waals surface area contributed by atoms with E-state index in [2.05, 4.69) is 12.1 Å². The van der Waals surface area contributed by atoms with E-state index in [1.54, 1.807) is 16.4 Å². The van der Waals surface area contributed by atoms with E-state index >= 15 is 0 Å². The van der Waals surface area contributed by atoms with Crippen LogP contribution < -0.4 is 0 Å². The van der Waals surface area contributed by atoms with Gasteiger partial charge in [0.15, 0.2) is 0 Å². The lowest BCUT2D eigenvalue weighted by Crippen LogP contribution is -2.36. The van der Waals surface area contributed by atoms with Crippen LogP contribution in [0.25, 0.3) is 0 Å². The molecule has 0 bridgehead atoms. The van der Waals surface area contributed by atoms with Crippen LogP contribution in [0, 0.1) is 6.92 Å². The fraction of sp³-hybridized carbons (Fsp3) is 0.333. The molecule has 3 nitrogen and oxygen atoms in total. The summed E-state index contributed by atoms with van der Waals surface area (Å²) in [5.41, 5.74) is 2.26. The minimum atomic E-state index is -3.39. The third-order valence-electron chi connectivity index (χ3n) is 4.26. The minimum Gasteiger partial charge on any atom is -0.207 e. The Kier molecular flexibility index (Phi) is 4.32. The van der Waals surface area contributed by atoms with Crippen molar-refractivity contribution >= 4 is 10.0 Å². The first-order valence-corrected chi connectivity index (χ1v) is 9.14. The van der Waals surface area contributed by atoms with Crippen molar-refractivity contribution in [1.82, 2.24) is 4.31 Å². The number of benzene rings is 2. The molecule has 3 rings (SSSR count). The number of rotatable bonds is 4. The molecule has 0 aromatic heterocycles. The van der Waals surface area contributed by atoms with E-state index in [1.165, 1.54) is 5.56 Å². The van der Waals surface area contributed by atoms with Crippen molar-refractivity contribution < 1.29 is 8.42 Å². The van der Waals surface area contributed by atoms with Crippen LogP contribution in [0.15, 0.2) is 59.5 Å². The van der Waals surface area contributed by atoms with Gasteiger partial charge in [0.25, 0.3) is 0 Å². The van der Waals surface area contributed by atoms with Crippen LogP contribution in [0.1, 0.15) is 24.0 Å². The summed E-state index contributed by atoms with van der Waals surface area (Å²) in [6, 6.07) is 17.3.